The average Bonchev–Trinajstić information content (AvgIpc) is 2.59. The van der Waals surface area contributed by atoms with E-state index >= 15 is 0 Å². The summed E-state index contributed by atoms with van der Waals surface area (Å²) in [4.78, 5) is 37.1. The van der Waals surface area contributed by atoms with E-state index < -0.39 is 0 Å². The second-order valence-corrected chi connectivity index (χ2v) is 5.90. The van der Waals surface area contributed by atoms with E-state index in [9.17, 15) is 14.4 Å². The molecule has 0 radical (unpaired) electrons. The van der Waals surface area contributed by atoms with Crippen LogP contribution in [-0.4, -0.2) is 30.7 Å². The Labute approximate surface area is 147 Å². The van der Waals surface area contributed by atoms with Crippen LogP contribution < -0.4 is 10.2 Å². The molecule has 0 aromatic heterocycles. The summed E-state index contributed by atoms with van der Waals surface area (Å²) in [6, 6.07) is 14.2. The number of nitrogens with zero attached hydrogens (tertiary/aromatic N) is 1. The predicted octanol–water partition coefficient (Wildman–Crippen LogP) is 2.98. The number of anilines is 1. The Balaban J connectivity index is 2.01. The maximum absolute atomic E-state index is 12.1. The molecular formula is C20H22N2O3. The van der Waals surface area contributed by atoms with E-state index in [1.54, 1.807) is 41.3 Å². The quantitative estimate of drug-likeness (QED) is 0.824. The minimum Gasteiger partial charge on any atom is -0.350 e. The molecule has 2 rings (SSSR count). The molecule has 5 heteroatoms. The molecule has 0 spiro atoms. The van der Waals surface area contributed by atoms with Crippen LogP contribution in [-0.2, 0) is 4.79 Å². The minimum absolute atomic E-state index is 0.0574. The number of ketones is 1. The molecule has 25 heavy (non-hydrogen) atoms. The highest BCUT2D eigenvalue weighted by Crippen LogP contribution is 2.16. The first-order chi connectivity index (χ1) is 11.9. The molecule has 1 N–H and O–H groups in total. The van der Waals surface area contributed by atoms with Crippen LogP contribution in [0.1, 0.15) is 40.1 Å². The van der Waals surface area contributed by atoms with Gasteiger partial charge in [0.2, 0.25) is 5.91 Å². The van der Waals surface area contributed by atoms with Crippen LogP contribution >= 0.6 is 0 Å². The molecule has 0 aliphatic heterocycles. The van der Waals surface area contributed by atoms with Crippen LogP contribution in [0, 0.1) is 6.92 Å². The Morgan fingerprint density at radius 1 is 0.960 bits per heavy atom. The van der Waals surface area contributed by atoms with Gasteiger partial charge in [-0.25, -0.2) is 0 Å². The zero-order valence-corrected chi connectivity index (χ0v) is 14.7. The Hall–Kier alpha value is -2.95. The van der Waals surface area contributed by atoms with Crippen LogP contribution in [0.15, 0.2) is 48.5 Å². The van der Waals surface area contributed by atoms with Crippen molar-refractivity contribution in [2.45, 2.75) is 20.8 Å². The monoisotopic (exact) mass is 338 g/mol. The number of carbonyl (C=O) groups is 3. The van der Waals surface area contributed by atoms with E-state index in [1.165, 1.54) is 13.8 Å². The van der Waals surface area contributed by atoms with E-state index in [-0.39, 0.29) is 17.6 Å². The number of benzene rings is 2. The maximum atomic E-state index is 12.1. The van der Waals surface area contributed by atoms with E-state index in [2.05, 4.69) is 5.32 Å². The average molecular weight is 338 g/mol. The molecule has 0 aliphatic carbocycles. The predicted molar refractivity (Wildman–Crippen MR) is 98.0 cm³/mol. The Morgan fingerprint density at radius 2 is 1.64 bits per heavy atom. The van der Waals surface area contributed by atoms with E-state index in [0.29, 0.717) is 29.9 Å². The summed E-state index contributed by atoms with van der Waals surface area (Å²) >= 11 is 0. The van der Waals surface area contributed by atoms with Crippen molar-refractivity contribution in [2.75, 3.05) is 18.0 Å². The molecule has 2 aromatic rings. The molecule has 0 atom stereocenters. The molecule has 0 bridgehead atoms. The van der Waals surface area contributed by atoms with E-state index in [1.807, 2.05) is 19.1 Å². The first kappa shape index (κ1) is 18.4. The lowest BCUT2D eigenvalue weighted by Gasteiger charge is -2.22. The lowest BCUT2D eigenvalue weighted by atomic mass is 10.1. The van der Waals surface area contributed by atoms with Crippen molar-refractivity contribution in [2.24, 2.45) is 0 Å². The van der Waals surface area contributed by atoms with Gasteiger partial charge in [0.05, 0.1) is 0 Å². The van der Waals surface area contributed by atoms with Gasteiger partial charge in [-0.2, -0.15) is 0 Å². The number of nitrogens with one attached hydrogen (secondary N) is 1. The van der Waals surface area contributed by atoms with Crippen LogP contribution in [0.4, 0.5) is 5.69 Å². The zero-order valence-electron chi connectivity index (χ0n) is 14.7. The van der Waals surface area contributed by atoms with Crippen molar-refractivity contribution >= 4 is 23.3 Å². The number of Topliss-reactive ketones (excluding diaryl/α,β-unsaturated/α-hetero) is 1. The van der Waals surface area contributed by atoms with Crippen molar-refractivity contribution < 1.29 is 14.4 Å². The van der Waals surface area contributed by atoms with Crippen molar-refractivity contribution in [1.29, 1.82) is 0 Å². The van der Waals surface area contributed by atoms with Crippen molar-refractivity contribution in [3.8, 4) is 0 Å². The van der Waals surface area contributed by atoms with Gasteiger partial charge in [0, 0.05) is 36.8 Å². The lowest BCUT2D eigenvalue weighted by Crippen LogP contribution is -2.37. The van der Waals surface area contributed by atoms with Gasteiger partial charge >= 0.3 is 0 Å². The van der Waals surface area contributed by atoms with Crippen LogP contribution in [0.2, 0.25) is 0 Å². The molecule has 5 nitrogen and oxygen atoms in total. The van der Waals surface area contributed by atoms with E-state index in [0.717, 1.165) is 5.56 Å². The first-order valence-corrected chi connectivity index (χ1v) is 8.12. The van der Waals surface area contributed by atoms with Crippen molar-refractivity contribution in [3.05, 3.63) is 65.2 Å². The maximum Gasteiger partial charge on any atom is 0.251 e. The fourth-order valence-electron chi connectivity index (χ4n) is 2.45. The lowest BCUT2D eigenvalue weighted by molar-refractivity contribution is -0.116. The smallest absolute Gasteiger partial charge is 0.251 e. The third kappa shape index (κ3) is 5.01. The molecule has 0 saturated heterocycles. The minimum atomic E-state index is -0.180. The van der Waals surface area contributed by atoms with Gasteiger partial charge in [-0.15, -0.1) is 0 Å². The second kappa shape index (κ2) is 8.24. The van der Waals surface area contributed by atoms with Gasteiger partial charge in [-0.1, -0.05) is 29.8 Å². The molecule has 0 unspecified atom stereocenters. The van der Waals surface area contributed by atoms with Gasteiger partial charge < -0.3 is 10.2 Å². The first-order valence-electron chi connectivity index (χ1n) is 8.12. The molecular weight excluding hydrogens is 316 g/mol. The molecule has 2 amide bonds. The number of carbonyl (C=O) groups excluding carboxylic acids is 3. The molecule has 0 heterocycles. The van der Waals surface area contributed by atoms with Crippen molar-refractivity contribution in [1.82, 2.24) is 5.32 Å². The number of hydrogen-bond acceptors (Lipinski definition) is 3. The van der Waals surface area contributed by atoms with Crippen LogP contribution in [0.25, 0.3) is 0 Å². The highest BCUT2D eigenvalue weighted by molar-refractivity contribution is 5.97. The summed E-state index contributed by atoms with van der Waals surface area (Å²) in [6.07, 6.45) is 0. The summed E-state index contributed by atoms with van der Waals surface area (Å²) in [5.41, 5.74) is 2.86. The second-order valence-electron chi connectivity index (χ2n) is 5.90. The van der Waals surface area contributed by atoms with E-state index in [4.69, 9.17) is 0 Å². The summed E-state index contributed by atoms with van der Waals surface area (Å²) in [5.74, 6) is -0.385. The fraction of sp³-hybridized carbons (Fsp3) is 0.250. The third-order valence-electron chi connectivity index (χ3n) is 3.88. The van der Waals surface area contributed by atoms with Crippen LogP contribution in [0.5, 0.6) is 0 Å². The topological polar surface area (TPSA) is 66.5 Å². The van der Waals surface area contributed by atoms with Crippen LogP contribution in [0.3, 0.4) is 0 Å². The normalized spacial score (nSPS) is 10.2. The van der Waals surface area contributed by atoms with Gasteiger partial charge in [0.25, 0.3) is 5.91 Å². The van der Waals surface area contributed by atoms with Crippen molar-refractivity contribution in [3.63, 3.8) is 0 Å². The molecule has 2 aromatic carbocycles. The molecule has 0 fully saturated rings. The fourth-order valence-corrected chi connectivity index (χ4v) is 2.45. The summed E-state index contributed by atoms with van der Waals surface area (Å²) in [5, 5.41) is 2.81. The Bertz CT molecular complexity index is 782. The highest BCUT2D eigenvalue weighted by atomic mass is 16.2. The molecule has 0 aliphatic rings. The number of aryl methyl sites for hydroxylation is 1. The molecule has 130 valence electrons. The zero-order chi connectivity index (χ0) is 18.4. The van der Waals surface area contributed by atoms with Gasteiger partial charge in [-0.05, 0) is 38.1 Å². The summed E-state index contributed by atoms with van der Waals surface area (Å²) in [6.45, 7) is 5.55. The van der Waals surface area contributed by atoms with Gasteiger partial charge in [0.15, 0.2) is 5.78 Å². The Kier molecular flexibility index (Phi) is 6.06. The number of rotatable bonds is 6. The summed E-state index contributed by atoms with van der Waals surface area (Å²) in [7, 11) is 0. The standard InChI is InChI=1S/C20H22N2O3/c1-14-7-9-17(10-8-14)20(25)21-11-12-22(16(3)24)19-6-4-5-18(13-19)15(2)23/h4-10,13H,11-12H2,1-3H3,(H,21,25). The SMILES string of the molecule is CC(=O)c1cccc(N(CCNC(=O)c2ccc(C)cc2)C(C)=O)c1. The number of amides is 2. The molecule has 0 saturated carbocycles. The van der Waals surface area contributed by atoms with Gasteiger partial charge in [0.1, 0.15) is 0 Å². The largest absolute Gasteiger partial charge is 0.350 e. The summed E-state index contributed by atoms with van der Waals surface area (Å²) < 4.78 is 0. The Morgan fingerprint density at radius 3 is 2.24 bits per heavy atom. The highest BCUT2D eigenvalue weighted by Gasteiger charge is 2.13. The third-order valence-corrected chi connectivity index (χ3v) is 3.88. The van der Waals surface area contributed by atoms with Gasteiger partial charge in [-0.3, -0.25) is 14.4 Å². The number of hydrogen-bond donors (Lipinski definition) is 1.